The first-order valence-electron chi connectivity index (χ1n) is 6.48. The van der Waals surface area contributed by atoms with Gasteiger partial charge in [0.05, 0.1) is 0 Å². The Bertz CT molecular complexity index is 63.2. The molecule has 0 aliphatic rings. The Morgan fingerprint density at radius 3 is 0.833 bits per heavy atom. The molecule has 0 unspecified atom stereocenters. The van der Waals surface area contributed by atoms with E-state index in [9.17, 15) is 0 Å². The molecule has 0 aromatic carbocycles. The van der Waals surface area contributed by atoms with Crippen molar-refractivity contribution in [3.63, 3.8) is 0 Å². The van der Waals surface area contributed by atoms with Crippen LogP contribution >= 0.6 is 0 Å². The quantitative estimate of drug-likeness (QED) is 0.522. The molecule has 0 aromatic rings. The van der Waals surface area contributed by atoms with Gasteiger partial charge in [-0.3, -0.25) is 6.58 Å². The van der Waals surface area contributed by atoms with Gasteiger partial charge in [0.1, 0.15) is 0 Å². The molecule has 4 heteroatoms. The van der Waals surface area contributed by atoms with E-state index in [1.165, 1.54) is 0 Å². The summed E-state index contributed by atoms with van der Waals surface area (Å²) in [5.41, 5.74) is 0. The van der Waals surface area contributed by atoms with Crippen LogP contribution in [0, 0.1) is 6.58 Å². The minimum absolute atomic E-state index is 0. The minimum atomic E-state index is 0. The molecular weight excluding hydrogens is 264 g/mol. The van der Waals surface area contributed by atoms with E-state index in [0.717, 1.165) is 38.5 Å². The molecule has 0 radical (unpaired) electrons. The van der Waals surface area contributed by atoms with Gasteiger partial charge in [0.15, 0.2) is 0 Å². The molecule has 0 rings (SSSR count). The van der Waals surface area contributed by atoms with Crippen LogP contribution in [0.3, 0.4) is 0 Å². The standard InChI is InChI=1S/3C4H10O.C2H3.Ti/c3*1-2-3-4-5;1-2;/h3*5H,2-4H2,1H3;1H,2H2;/q;;;-1;. The van der Waals surface area contributed by atoms with Crippen molar-refractivity contribution in [2.75, 3.05) is 19.8 Å². The summed E-state index contributed by atoms with van der Waals surface area (Å²) < 4.78 is 0. The maximum atomic E-state index is 8.07. The normalized spacial score (nSPS) is 7.22. The average Bonchev–Trinajstić information content (AvgIpc) is 2.36. The van der Waals surface area contributed by atoms with Gasteiger partial charge in [0.25, 0.3) is 0 Å². The summed E-state index contributed by atoms with van der Waals surface area (Å²) in [5, 5.41) is 24.2. The minimum Gasteiger partial charge on any atom is -0.521 e. The van der Waals surface area contributed by atoms with Crippen LogP contribution in [0.25, 0.3) is 0 Å². The second-order valence-electron chi connectivity index (χ2n) is 3.23. The maximum absolute atomic E-state index is 8.07. The summed E-state index contributed by atoms with van der Waals surface area (Å²) >= 11 is 0. The van der Waals surface area contributed by atoms with Gasteiger partial charge in [-0.25, -0.2) is 0 Å². The van der Waals surface area contributed by atoms with Gasteiger partial charge in [0, 0.05) is 41.5 Å². The van der Waals surface area contributed by atoms with Crippen LogP contribution in [0.2, 0.25) is 0 Å². The fourth-order valence-electron chi connectivity index (χ4n) is 0.474. The van der Waals surface area contributed by atoms with Crippen LogP contribution in [-0.4, -0.2) is 35.1 Å². The Balaban J connectivity index is -0.0000000427. The zero-order valence-corrected chi connectivity index (χ0v) is 14.1. The number of unbranched alkanes of at least 4 members (excludes halogenated alkanes) is 3. The summed E-state index contributed by atoms with van der Waals surface area (Å²) in [6, 6.07) is 0. The van der Waals surface area contributed by atoms with E-state index in [-0.39, 0.29) is 21.7 Å². The third-order valence-corrected chi connectivity index (χ3v) is 1.54. The molecule has 0 amide bonds. The van der Waals surface area contributed by atoms with Crippen LogP contribution in [0.4, 0.5) is 0 Å². The Morgan fingerprint density at radius 1 is 0.667 bits per heavy atom. The summed E-state index contributed by atoms with van der Waals surface area (Å²) in [4.78, 5) is 0. The second kappa shape index (κ2) is 53.1. The van der Waals surface area contributed by atoms with E-state index in [2.05, 4.69) is 33.9 Å². The van der Waals surface area contributed by atoms with Crippen LogP contribution in [-0.2, 0) is 21.7 Å². The van der Waals surface area contributed by atoms with Gasteiger partial charge in [0.2, 0.25) is 0 Å². The Labute approximate surface area is 129 Å². The SMILES string of the molecule is CCCCO.CCCCO.CCCCO.[CH-]=C.[Ti]. The molecule has 0 saturated carbocycles. The van der Waals surface area contributed by atoms with Crippen LogP contribution < -0.4 is 0 Å². The summed E-state index contributed by atoms with van der Waals surface area (Å²) in [6.07, 6.45) is 6.11. The summed E-state index contributed by atoms with van der Waals surface area (Å²) in [6.45, 7) is 14.2. The average molecular weight is 297 g/mol. The first kappa shape index (κ1) is 31.0. The maximum Gasteiger partial charge on any atom is 0.0430 e. The molecule has 0 spiro atoms. The Morgan fingerprint density at radius 2 is 0.833 bits per heavy atom. The molecule has 18 heavy (non-hydrogen) atoms. The molecule has 0 aliphatic heterocycles. The zero-order chi connectivity index (χ0) is 14.4. The van der Waals surface area contributed by atoms with Crippen LogP contribution in [0.1, 0.15) is 59.3 Å². The number of hydrogen-bond donors (Lipinski definition) is 3. The monoisotopic (exact) mass is 297 g/mol. The molecule has 0 saturated heterocycles. The van der Waals surface area contributed by atoms with Crippen LogP contribution in [0.15, 0.2) is 6.58 Å². The van der Waals surface area contributed by atoms with Gasteiger partial charge in [-0.2, -0.15) is 0 Å². The smallest absolute Gasteiger partial charge is 0.0430 e. The topological polar surface area (TPSA) is 60.7 Å². The number of aliphatic hydroxyl groups excluding tert-OH is 3. The van der Waals surface area contributed by atoms with Crippen molar-refractivity contribution in [1.82, 2.24) is 0 Å². The van der Waals surface area contributed by atoms with E-state index in [4.69, 9.17) is 15.3 Å². The first-order valence-corrected chi connectivity index (χ1v) is 6.48. The number of aliphatic hydroxyl groups is 3. The van der Waals surface area contributed by atoms with E-state index in [1.54, 1.807) is 0 Å². The molecule has 3 N–H and O–H groups in total. The predicted octanol–water partition coefficient (Wildman–Crippen LogP) is 2.94. The molecule has 0 heterocycles. The van der Waals surface area contributed by atoms with Gasteiger partial charge in [-0.05, 0) is 19.3 Å². The molecule has 0 aliphatic carbocycles. The van der Waals surface area contributed by atoms with Gasteiger partial charge >= 0.3 is 0 Å². The molecule has 112 valence electrons. The van der Waals surface area contributed by atoms with Gasteiger partial charge < -0.3 is 21.9 Å². The second-order valence-corrected chi connectivity index (χ2v) is 3.23. The van der Waals surface area contributed by atoms with Crippen molar-refractivity contribution in [1.29, 1.82) is 0 Å². The third kappa shape index (κ3) is 95.7. The Kier molecular flexibility index (Phi) is 91.4. The summed E-state index contributed by atoms with van der Waals surface area (Å²) in [5.74, 6) is 0. The predicted molar refractivity (Wildman–Crippen MR) is 75.9 cm³/mol. The molecule has 0 bridgehead atoms. The van der Waals surface area contributed by atoms with E-state index >= 15 is 0 Å². The summed E-state index contributed by atoms with van der Waals surface area (Å²) in [7, 11) is 0. The molecule has 3 nitrogen and oxygen atoms in total. The van der Waals surface area contributed by atoms with Gasteiger partial charge in [-0.15, -0.1) is 0 Å². The molecular formula is C14H33O3Ti-. The van der Waals surface area contributed by atoms with Crippen molar-refractivity contribution < 1.29 is 37.0 Å². The number of rotatable bonds is 6. The largest absolute Gasteiger partial charge is 0.521 e. The fourth-order valence-corrected chi connectivity index (χ4v) is 0.474. The van der Waals surface area contributed by atoms with Gasteiger partial charge in [-0.1, -0.05) is 40.0 Å². The van der Waals surface area contributed by atoms with Crippen LogP contribution in [0.5, 0.6) is 0 Å². The number of hydrogen-bond acceptors (Lipinski definition) is 3. The van der Waals surface area contributed by atoms with E-state index in [0.29, 0.717) is 19.8 Å². The molecule has 0 fully saturated rings. The van der Waals surface area contributed by atoms with E-state index < -0.39 is 0 Å². The first-order chi connectivity index (χ1) is 8.24. The molecule has 0 atom stereocenters. The van der Waals surface area contributed by atoms with E-state index in [1.807, 2.05) is 0 Å². The van der Waals surface area contributed by atoms with Crippen molar-refractivity contribution in [3.05, 3.63) is 13.2 Å². The van der Waals surface area contributed by atoms with Crippen molar-refractivity contribution in [3.8, 4) is 0 Å². The zero-order valence-electron chi connectivity index (χ0n) is 12.5. The Hall–Kier alpha value is 0.334. The van der Waals surface area contributed by atoms with Crippen molar-refractivity contribution >= 4 is 0 Å². The third-order valence-electron chi connectivity index (χ3n) is 1.54. The fraction of sp³-hybridized carbons (Fsp3) is 0.857. The van der Waals surface area contributed by atoms with Crippen molar-refractivity contribution in [2.24, 2.45) is 0 Å². The van der Waals surface area contributed by atoms with Crippen molar-refractivity contribution in [2.45, 2.75) is 59.3 Å². The molecule has 0 aromatic heterocycles.